The van der Waals surface area contributed by atoms with Crippen LogP contribution < -0.4 is 16.6 Å². The van der Waals surface area contributed by atoms with E-state index in [9.17, 15) is 14.0 Å². The number of halogens is 1. The Kier molecular flexibility index (Phi) is 3.50. The van der Waals surface area contributed by atoms with E-state index < -0.39 is 5.69 Å². The standard InChI is InChI=1S/C13H14FN3O2/c1-16-9(7-12(18)17(2)13(16)19)8-15-11-6-4-3-5-10(11)14/h3-7,15H,8H2,1-2H3. The highest BCUT2D eigenvalue weighted by atomic mass is 19.1. The molecule has 0 aliphatic heterocycles. The predicted molar refractivity (Wildman–Crippen MR) is 70.7 cm³/mol. The lowest BCUT2D eigenvalue weighted by molar-refractivity contribution is 0.627. The van der Waals surface area contributed by atoms with Crippen molar-refractivity contribution in [3.63, 3.8) is 0 Å². The van der Waals surface area contributed by atoms with Gasteiger partial charge in [-0.2, -0.15) is 0 Å². The van der Waals surface area contributed by atoms with Crippen molar-refractivity contribution in [2.24, 2.45) is 14.1 Å². The van der Waals surface area contributed by atoms with Crippen molar-refractivity contribution in [3.05, 3.63) is 62.7 Å². The van der Waals surface area contributed by atoms with E-state index in [1.54, 1.807) is 25.2 Å². The molecule has 6 heteroatoms. The molecule has 0 atom stereocenters. The smallest absolute Gasteiger partial charge is 0.330 e. The molecular weight excluding hydrogens is 249 g/mol. The molecule has 19 heavy (non-hydrogen) atoms. The number of rotatable bonds is 3. The summed E-state index contributed by atoms with van der Waals surface area (Å²) in [6, 6.07) is 7.58. The van der Waals surface area contributed by atoms with Gasteiger partial charge in [-0.3, -0.25) is 13.9 Å². The van der Waals surface area contributed by atoms with Gasteiger partial charge in [-0.25, -0.2) is 9.18 Å². The molecule has 2 rings (SSSR count). The average molecular weight is 263 g/mol. The van der Waals surface area contributed by atoms with Gasteiger partial charge in [-0.05, 0) is 12.1 Å². The molecule has 0 aliphatic rings. The van der Waals surface area contributed by atoms with E-state index in [0.29, 0.717) is 11.4 Å². The third-order valence-electron chi connectivity index (χ3n) is 2.96. The SMILES string of the molecule is Cn1c(CNc2ccccc2F)cc(=O)n(C)c1=O. The molecule has 100 valence electrons. The highest BCUT2D eigenvalue weighted by Gasteiger charge is 2.06. The molecule has 0 radical (unpaired) electrons. The van der Waals surface area contributed by atoms with Crippen LogP contribution in [0.3, 0.4) is 0 Å². The summed E-state index contributed by atoms with van der Waals surface area (Å²) in [5.41, 5.74) is 0.0400. The number of benzene rings is 1. The van der Waals surface area contributed by atoms with Crippen LogP contribution in [0.15, 0.2) is 39.9 Å². The van der Waals surface area contributed by atoms with E-state index in [-0.39, 0.29) is 17.9 Å². The number of nitrogens with zero attached hydrogens (tertiary/aromatic N) is 2. The second-order valence-electron chi connectivity index (χ2n) is 4.21. The molecule has 1 aromatic carbocycles. The summed E-state index contributed by atoms with van der Waals surface area (Å²) in [6.45, 7) is 0.197. The van der Waals surface area contributed by atoms with Crippen LogP contribution in [0.25, 0.3) is 0 Å². The van der Waals surface area contributed by atoms with Crippen LogP contribution in [0.1, 0.15) is 5.69 Å². The zero-order valence-electron chi connectivity index (χ0n) is 10.7. The number of hydrogen-bond acceptors (Lipinski definition) is 3. The summed E-state index contributed by atoms with van der Waals surface area (Å²) >= 11 is 0. The van der Waals surface area contributed by atoms with Gasteiger partial charge in [0, 0.05) is 25.9 Å². The molecule has 0 saturated heterocycles. The molecule has 5 nitrogen and oxygen atoms in total. The van der Waals surface area contributed by atoms with E-state index in [0.717, 1.165) is 4.57 Å². The molecule has 0 fully saturated rings. The van der Waals surface area contributed by atoms with E-state index in [1.165, 1.54) is 23.7 Å². The van der Waals surface area contributed by atoms with Gasteiger partial charge in [0.25, 0.3) is 5.56 Å². The Morgan fingerprint density at radius 1 is 1.16 bits per heavy atom. The summed E-state index contributed by atoms with van der Waals surface area (Å²) in [5, 5.41) is 2.86. The van der Waals surface area contributed by atoms with Gasteiger partial charge < -0.3 is 5.32 Å². The van der Waals surface area contributed by atoms with Crippen LogP contribution in [-0.2, 0) is 20.6 Å². The van der Waals surface area contributed by atoms with Gasteiger partial charge in [0.2, 0.25) is 0 Å². The lowest BCUT2D eigenvalue weighted by Crippen LogP contribution is -2.38. The number of nitrogens with one attached hydrogen (secondary N) is 1. The van der Waals surface area contributed by atoms with Crippen LogP contribution in [0, 0.1) is 5.82 Å². The Hall–Kier alpha value is -2.37. The maximum absolute atomic E-state index is 13.4. The van der Waals surface area contributed by atoms with Gasteiger partial charge in [0.05, 0.1) is 12.2 Å². The first kappa shape index (κ1) is 13.1. The maximum Gasteiger partial charge on any atom is 0.330 e. The van der Waals surface area contributed by atoms with E-state index in [4.69, 9.17) is 0 Å². The largest absolute Gasteiger partial charge is 0.377 e. The lowest BCUT2D eigenvalue weighted by atomic mass is 10.3. The Balaban J connectivity index is 2.29. The molecule has 1 heterocycles. The predicted octanol–water partition coefficient (Wildman–Crippen LogP) is 0.835. The maximum atomic E-state index is 13.4. The van der Waals surface area contributed by atoms with E-state index in [2.05, 4.69) is 5.32 Å². The van der Waals surface area contributed by atoms with Crippen molar-refractivity contribution < 1.29 is 4.39 Å². The van der Waals surface area contributed by atoms with Crippen molar-refractivity contribution >= 4 is 5.69 Å². The van der Waals surface area contributed by atoms with Gasteiger partial charge in [-0.1, -0.05) is 12.1 Å². The molecule has 1 N–H and O–H groups in total. The molecule has 0 bridgehead atoms. The minimum Gasteiger partial charge on any atom is -0.377 e. The number of para-hydroxylation sites is 1. The van der Waals surface area contributed by atoms with Crippen molar-refractivity contribution in [3.8, 4) is 0 Å². The normalized spacial score (nSPS) is 10.5. The van der Waals surface area contributed by atoms with Crippen LogP contribution in [0.5, 0.6) is 0 Å². The fourth-order valence-electron chi connectivity index (χ4n) is 1.74. The fraction of sp³-hybridized carbons (Fsp3) is 0.231. The highest BCUT2D eigenvalue weighted by molar-refractivity contribution is 5.44. The highest BCUT2D eigenvalue weighted by Crippen LogP contribution is 2.12. The van der Waals surface area contributed by atoms with Crippen molar-refractivity contribution in [1.29, 1.82) is 0 Å². The van der Waals surface area contributed by atoms with Gasteiger partial charge in [0.1, 0.15) is 5.82 Å². The van der Waals surface area contributed by atoms with Crippen LogP contribution in [0.4, 0.5) is 10.1 Å². The average Bonchev–Trinajstić information content (AvgIpc) is 2.40. The Bertz CT molecular complexity index is 719. The lowest BCUT2D eigenvalue weighted by Gasteiger charge is -2.11. The first-order valence-electron chi connectivity index (χ1n) is 5.75. The Morgan fingerprint density at radius 2 is 1.84 bits per heavy atom. The molecule has 0 spiro atoms. The minimum absolute atomic E-state index is 0.197. The summed E-state index contributed by atoms with van der Waals surface area (Å²) < 4.78 is 15.8. The molecule has 0 aliphatic carbocycles. The fourth-order valence-corrected chi connectivity index (χ4v) is 1.74. The first-order valence-corrected chi connectivity index (χ1v) is 5.75. The molecular formula is C13H14FN3O2. The molecule has 1 aromatic heterocycles. The van der Waals surface area contributed by atoms with Gasteiger partial charge in [0.15, 0.2) is 0 Å². The number of anilines is 1. The number of hydrogen-bond donors (Lipinski definition) is 1. The van der Waals surface area contributed by atoms with Gasteiger partial charge in [-0.15, -0.1) is 0 Å². The van der Waals surface area contributed by atoms with Crippen molar-refractivity contribution in [2.75, 3.05) is 5.32 Å². The summed E-state index contributed by atoms with van der Waals surface area (Å²) in [4.78, 5) is 23.3. The topological polar surface area (TPSA) is 56.0 Å². The molecule has 0 unspecified atom stereocenters. The summed E-state index contributed by atoms with van der Waals surface area (Å²) in [6.07, 6.45) is 0. The monoisotopic (exact) mass is 263 g/mol. The molecule has 0 amide bonds. The van der Waals surface area contributed by atoms with Crippen LogP contribution in [-0.4, -0.2) is 9.13 Å². The Morgan fingerprint density at radius 3 is 2.53 bits per heavy atom. The quantitative estimate of drug-likeness (QED) is 0.892. The van der Waals surface area contributed by atoms with E-state index >= 15 is 0 Å². The van der Waals surface area contributed by atoms with Crippen LogP contribution >= 0.6 is 0 Å². The van der Waals surface area contributed by atoms with Gasteiger partial charge >= 0.3 is 5.69 Å². The zero-order valence-corrected chi connectivity index (χ0v) is 10.7. The zero-order chi connectivity index (χ0) is 14.0. The molecule has 2 aromatic rings. The third kappa shape index (κ3) is 2.57. The second-order valence-corrected chi connectivity index (χ2v) is 4.21. The summed E-state index contributed by atoms with van der Waals surface area (Å²) in [5.74, 6) is -0.378. The van der Waals surface area contributed by atoms with E-state index in [1.807, 2.05) is 0 Å². The third-order valence-corrected chi connectivity index (χ3v) is 2.96. The first-order chi connectivity index (χ1) is 9.00. The van der Waals surface area contributed by atoms with Crippen molar-refractivity contribution in [2.45, 2.75) is 6.54 Å². The second kappa shape index (κ2) is 5.09. The summed E-state index contributed by atoms with van der Waals surface area (Å²) in [7, 11) is 2.98. The van der Waals surface area contributed by atoms with Crippen molar-refractivity contribution in [1.82, 2.24) is 9.13 Å². The van der Waals surface area contributed by atoms with Crippen LogP contribution in [0.2, 0.25) is 0 Å². The minimum atomic E-state index is -0.405. The molecule has 0 saturated carbocycles. The Labute approximate surface area is 108 Å². The number of aromatic nitrogens is 2.